The number of rotatable bonds is 6. The molecule has 1 heterocycles. The van der Waals surface area contributed by atoms with Crippen LogP contribution in [0.3, 0.4) is 0 Å². The minimum atomic E-state index is -1.04. The largest absolute Gasteiger partial charge is 0.461 e. The molecule has 1 aromatic carbocycles. The SMILES string of the molecule is CC(C)(C)OC(=O)N1[C@H](CO)COC1(C)CCC(=O)OCc1ccccc1. The van der Waals surface area contributed by atoms with Crippen LogP contribution in [-0.4, -0.2) is 52.7 Å². The summed E-state index contributed by atoms with van der Waals surface area (Å²) in [5.41, 5.74) is -0.804. The van der Waals surface area contributed by atoms with E-state index in [-0.39, 0.29) is 38.6 Å². The summed E-state index contributed by atoms with van der Waals surface area (Å²) in [5, 5.41) is 9.58. The Morgan fingerprint density at radius 3 is 2.56 bits per heavy atom. The number of nitrogens with zero attached hydrogens (tertiary/aromatic N) is 1. The average Bonchev–Trinajstić information content (AvgIpc) is 2.95. The van der Waals surface area contributed by atoms with Crippen LogP contribution in [0.2, 0.25) is 0 Å². The zero-order chi connectivity index (χ0) is 20.1. The van der Waals surface area contributed by atoms with Gasteiger partial charge in [-0.15, -0.1) is 0 Å². The van der Waals surface area contributed by atoms with Crippen LogP contribution < -0.4 is 0 Å². The van der Waals surface area contributed by atoms with Crippen molar-refractivity contribution < 1.29 is 28.9 Å². The number of aliphatic hydroxyl groups excluding tert-OH is 1. The van der Waals surface area contributed by atoms with Gasteiger partial charge in [0.1, 0.15) is 17.9 Å². The van der Waals surface area contributed by atoms with Crippen molar-refractivity contribution >= 4 is 12.1 Å². The van der Waals surface area contributed by atoms with Crippen LogP contribution in [-0.2, 0) is 25.6 Å². The number of esters is 1. The van der Waals surface area contributed by atoms with Gasteiger partial charge in [0.15, 0.2) is 0 Å². The Balaban J connectivity index is 1.95. The molecule has 1 unspecified atom stereocenters. The first-order valence-electron chi connectivity index (χ1n) is 9.11. The highest BCUT2D eigenvalue weighted by molar-refractivity contribution is 5.71. The molecular formula is C20H29NO6. The number of aliphatic hydroxyl groups is 1. The number of ether oxygens (including phenoxy) is 3. The quantitative estimate of drug-likeness (QED) is 0.765. The first kappa shape index (κ1) is 21.2. The molecule has 7 heteroatoms. The lowest BCUT2D eigenvalue weighted by Gasteiger charge is -2.37. The molecule has 0 radical (unpaired) electrons. The van der Waals surface area contributed by atoms with E-state index in [4.69, 9.17) is 14.2 Å². The molecule has 1 amide bonds. The first-order valence-corrected chi connectivity index (χ1v) is 9.11. The summed E-state index contributed by atoms with van der Waals surface area (Å²) in [7, 11) is 0. The summed E-state index contributed by atoms with van der Waals surface area (Å²) in [5.74, 6) is -0.375. The lowest BCUT2D eigenvalue weighted by atomic mass is 10.1. The third kappa shape index (κ3) is 5.94. The molecule has 1 N–H and O–H groups in total. The summed E-state index contributed by atoms with van der Waals surface area (Å²) in [6.07, 6.45) is -0.240. The predicted octanol–water partition coefficient (Wildman–Crippen LogP) is 2.85. The Morgan fingerprint density at radius 2 is 1.96 bits per heavy atom. The van der Waals surface area contributed by atoms with Gasteiger partial charge in [0.05, 0.1) is 25.7 Å². The molecule has 0 aromatic heterocycles. The Labute approximate surface area is 160 Å². The Hall–Kier alpha value is -2.12. The van der Waals surface area contributed by atoms with E-state index in [2.05, 4.69) is 0 Å². The summed E-state index contributed by atoms with van der Waals surface area (Å²) < 4.78 is 16.5. The normalized spacial score (nSPS) is 22.6. The number of benzene rings is 1. The van der Waals surface area contributed by atoms with Gasteiger partial charge in [0.2, 0.25) is 0 Å². The average molecular weight is 379 g/mol. The van der Waals surface area contributed by atoms with E-state index in [0.29, 0.717) is 0 Å². The van der Waals surface area contributed by atoms with Crippen molar-refractivity contribution in [2.24, 2.45) is 0 Å². The lowest BCUT2D eigenvalue weighted by molar-refractivity contribution is -0.148. The second-order valence-electron chi connectivity index (χ2n) is 7.82. The molecule has 2 atom stereocenters. The maximum Gasteiger partial charge on any atom is 0.412 e. The minimum absolute atomic E-state index is 0.0841. The van der Waals surface area contributed by atoms with E-state index < -0.39 is 23.5 Å². The van der Waals surface area contributed by atoms with E-state index in [9.17, 15) is 14.7 Å². The van der Waals surface area contributed by atoms with E-state index in [1.165, 1.54) is 4.90 Å². The Kier molecular flexibility index (Phi) is 6.84. The van der Waals surface area contributed by atoms with Gasteiger partial charge in [-0.2, -0.15) is 0 Å². The van der Waals surface area contributed by atoms with Crippen molar-refractivity contribution in [1.82, 2.24) is 4.90 Å². The topological polar surface area (TPSA) is 85.3 Å². The molecule has 1 aliphatic heterocycles. The van der Waals surface area contributed by atoms with E-state index in [0.717, 1.165) is 5.56 Å². The van der Waals surface area contributed by atoms with E-state index >= 15 is 0 Å². The maximum absolute atomic E-state index is 12.6. The zero-order valence-electron chi connectivity index (χ0n) is 16.4. The lowest BCUT2D eigenvalue weighted by Crippen LogP contribution is -2.52. The number of hydrogen-bond donors (Lipinski definition) is 1. The number of hydrogen-bond acceptors (Lipinski definition) is 6. The summed E-state index contributed by atoms with van der Waals surface area (Å²) in [4.78, 5) is 26.1. The molecule has 150 valence electrons. The molecule has 1 saturated heterocycles. The second kappa shape index (κ2) is 8.71. The highest BCUT2D eigenvalue weighted by Crippen LogP contribution is 2.33. The third-order valence-corrected chi connectivity index (χ3v) is 4.30. The molecule has 1 aliphatic rings. The van der Waals surface area contributed by atoms with Crippen LogP contribution in [0, 0.1) is 0 Å². The molecule has 0 spiro atoms. The molecule has 1 fully saturated rings. The van der Waals surface area contributed by atoms with Crippen LogP contribution in [0.1, 0.15) is 46.1 Å². The van der Waals surface area contributed by atoms with Gasteiger partial charge in [0, 0.05) is 6.42 Å². The molecule has 7 nitrogen and oxygen atoms in total. The predicted molar refractivity (Wildman–Crippen MR) is 98.8 cm³/mol. The van der Waals surface area contributed by atoms with Crippen molar-refractivity contribution in [2.75, 3.05) is 13.2 Å². The van der Waals surface area contributed by atoms with Crippen LogP contribution in [0.4, 0.5) is 4.79 Å². The molecule has 27 heavy (non-hydrogen) atoms. The van der Waals surface area contributed by atoms with Crippen LogP contribution in [0.15, 0.2) is 30.3 Å². The first-order chi connectivity index (χ1) is 12.6. The zero-order valence-corrected chi connectivity index (χ0v) is 16.4. The highest BCUT2D eigenvalue weighted by atomic mass is 16.6. The summed E-state index contributed by atoms with van der Waals surface area (Å²) in [6.45, 7) is 7.18. The van der Waals surface area contributed by atoms with Crippen LogP contribution >= 0.6 is 0 Å². The van der Waals surface area contributed by atoms with Gasteiger partial charge >= 0.3 is 12.1 Å². The van der Waals surface area contributed by atoms with Gasteiger partial charge in [0.25, 0.3) is 0 Å². The van der Waals surface area contributed by atoms with Crippen molar-refractivity contribution in [3.8, 4) is 0 Å². The minimum Gasteiger partial charge on any atom is -0.461 e. The Bertz CT molecular complexity index is 642. The second-order valence-corrected chi connectivity index (χ2v) is 7.82. The molecular weight excluding hydrogens is 350 g/mol. The summed E-state index contributed by atoms with van der Waals surface area (Å²) in [6, 6.07) is 8.90. The van der Waals surface area contributed by atoms with E-state index in [1.54, 1.807) is 27.7 Å². The van der Waals surface area contributed by atoms with Gasteiger partial charge in [-0.05, 0) is 33.3 Å². The fraction of sp³-hybridized carbons (Fsp3) is 0.600. The standard InChI is InChI=1S/C20H29NO6/c1-19(2,3)27-18(24)21-16(12-22)14-26-20(21,4)11-10-17(23)25-13-15-8-6-5-7-9-15/h5-9,16,22H,10-14H2,1-4H3/t16-,20?/m1/s1. The van der Waals surface area contributed by atoms with E-state index in [1.807, 2.05) is 30.3 Å². The van der Waals surface area contributed by atoms with Gasteiger partial charge in [-0.3, -0.25) is 9.69 Å². The fourth-order valence-electron chi connectivity index (χ4n) is 2.93. The van der Waals surface area contributed by atoms with Gasteiger partial charge < -0.3 is 19.3 Å². The fourth-order valence-corrected chi connectivity index (χ4v) is 2.93. The van der Waals surface area contributed by atoms with Crippen LogP contribution in [0.5, 0.6) is 0 Å². The maximum atomic E-state index is 12.6. The number of carbonyl (C=O) groups excluding carboxylic acids is 2. The molecule has 0 saturated carbocycles. The third-order valence-electron chi connectivity index (χ3n) is 4.30. The van der Waals surface area contributed by atoms with Crippen molar-refractivity contribution in [2.45, 2.75) is 64.5 Å². The molecule has 0 aliphatic carbocycles. The highest BCUT2D eigenvalue weighted by Gasteiger charge is 2.48. The van der Waals surface area contributed by atoms with Crippen LogP contribution in [0.25, 0.3) is 0 Å². The number of amides is 1. The summed E-state index contributed by atoms with van der Waals surface area (Å²) >= 11 is 0. The molecule has 0 bridgehead atoms. The molecule has 2 rings (SSSR count). The Morgan fingerprint density at radius 1 is 1.30 bits per heavy atom. The van der Waals surface area contributed by atoms with Gasteiger partial charge in [-0.1, -0.05) is 30.3 Å². The monoisotopic (exact) mass is 379 g/mol. The number of carbonyl (C=O) groups is 2. The molecule has 1 aromatic rings. The van der Waals surface area contributed by atoms with Crippen molar-refractivity contribution in [1.29, 1.82) is 0 Å². The van der Waals surface area contributed by atoms with Gasteiger partial charge in [-0.25, -0.2) is 4.79 Å². The smallest absolute Gasteiger partial charge is 0.412 e. The van der Waals surface area contributed by atoms with Crippen molar-refractivity contribution in [3.05, 3.63) is 35.9 Å². The van der Waals surface area contributed by atoms with Crippen molar-refractivity contribution in [3.63, 3.8) is 0 Å².